The Labute approximate surface area is 205 Å². The highest BCUT2D eigenvalue weighted by atomic mass is 19.4. The van der Waals surface area contributed by atoms with Gasteiger partial charge < -0.3 is 14.6 Å². The first-order valence-electron chi connectivity index (χ1n) is 12.3. The monoisotopic (exact) mass is 489 g/mol. The Hall–Kier alpha value is -2.58. The number of benzene rings is 2. The zero-order valence-corrected chi connectivity index (χ0v) is 20.6. The third-order valence-electron chi connectivity index (χ3n) is 6.93. The molecule has 2 aromatic rings. The van der Waals surface area contributed by atoms with E-state index in [1.165, 1.54) is 28.9 Å². The Balaban J connectivity index is 1.35. The topological polar surface area (TPSA) is 36.0 Å². The van der Waals surface area contributed by atoms with Crippen molar-refractivity contribution < 1.29 is 22.7 Å². The molecule has 0 bridgehead atoms. The van der Waals surface area contributed by atoms with Gasteiger partial charge in [-0.25, -0.2) is 5.01 Å². The van der Waals surface area contributed by atoms with Gasteiger partial charge in [-0.05, 0) is 81.0 Å². The van der Waals surface area contributed by atoms with Gasteiger partial charge in [0.2, 0.25) is 0 Å². The van der Waals surface area contributed by atoms with Crippen molar-refractivity contribution >= 4 is 11.6 Å². The number of likely N-dealkylation sites (tertiary alicyclic amines) is 1. The molecule has 0 unspecified atom stereocenters. The van der Waals surface area contributed by atoms with Crippen LogP contribution in [0.3, 0.4) is 0 Å². The second-order valence-corrected chi connectivity index (χ2v) is 9.77. The minimum absolute atomic E-state index is 0.189. The number of hydrogen-bond acceptors (Lipinski definition) is 4. The minimum Gasteiger partial charge on any atom is -0.377 e. The molecule has 190 valence electrons. The van der Waals surface area contributed by atoms with Crippen LogP contribution in [0.25, 0.3) is 0 Å². The number of fused-ring (bicyclic) bond motifs is 1. The number of nitrogens with zero attached hydrogens (tertiary/aromatic N) is 3. The molecular weight excluding hydrogens is 455 g/mol. The van der Waals surface area contributed by atoms with E-state index in [0.717, 1.165) is 44.6 Å². The van der Waals surface area contributed by atoms with E-state index >= 15 is 0 Å². The van der Waals surface area contributed by atoms with Crippen LogP contribution < -0.4 is 5.01 Å². The van der Waals surface area contributed by atoms with Crippen molar-refractivity contribution in [3.05, 3.63) is 64.7 Å². The first-order valence-corrected chi connectivity index (χ1v) is 12.3. The highest BCUT2D eigenvalue weighted by Crippen LogP contribution is 2.35. The van der Waals surface area contributed by atoms with Crippen LogP contribution in [0.15, 0.2) is 42.5 Å². The Bertz CT molecular complexity index is 1020. The fraction of sp³-hybridized carbons (Fsp3) is 0.519. The van der Waals surface area contributed by atoms with Crippen LogP contribution in [0.4, 0.5) is 18.9 Å². The Kier molecular flexibility index (Phi) is 7.71. The largest absolute Gasteiger partial charge is 0.416 e. The van der Waals surface area contributed by atoms with E-state index < -0.39 is 11.7 Å². The number of hydrogen-bond donors (Lipinski definition) is 0. The molecule has 1 fully saturated rings. The van der Waals surface area contributed by atoms with Gasteiger partial charge >= 0.3 is 6.18 Å². The average molecular weight is 490 g/mol. The lowest BCUT2D eigenvalue weighted by molar-refractivity contribution is -0.137. The molecule has 1 amide bonds. The maximum atomic E-state index is 12.8. The number of aryl methyl sites for hydroxylation is 1. The molecular formula is C27H34F3N3O2. The molecule has 5 nitrogen and oxygen atoms in total. The number of ether oxygens (including phenoxy) is 1. The van der Waals surface area contributed by atoms with Crippen LogP contribution in [0.2, 0.25) is 0 Å². The lowest BCUT2D eigenvalue weighted by atomic mass is 9.96. The molecule has 0 saturated carbocycles. The molecule has 35 heavy (non-hydrogen) atoms. The van der Waals surface area contributed by atoms with Crippen molar-refractivity contribution in [3.63, 3.8) is 0 Å². The van der Waals surface area contributed by atoms with Crippen LogP contribution in [-0.4, -0.2) is 54.7 Å². The highest BCUT2D eigenvalue weighted by Gasteiger charge is 2.33. The number of carbonyl (C=O) groups is 1. The van der Waals surface area contributed by atoms with Gasteiger partial charge in [-0.15, -0.1) is 0 Å². The number of hydrazine groups is 1. The van der Waals surface area contributed by atoms with Crippen LogP contribution in [0.1, 0.15) is 53.7 Å². The lowest BCUT2D eigenvalue weighted by Gasteiger charge is -2.37. The first-order chi connectivity index (χ1) is 16.6. The highest BCUT2D eigenvalue weighted by molar-refractivity contribution is 5.94. The van der Waals surface area contributed by atoms with Gasteiger partial charge in [0.1, 0.15) is 0 Å². The summed E-state index contributed by atoms with van der Waals surface area (Å²) in [5, 5.41) is 4.74. The van der Waals surface area contributed by atoms with Crippen molar-refractivity contribution in [1.29, 1.82) is 0 Å². The van der Waals surface area contributed by atoms with Gasteiger partial charge in [0.05, 0.1) is 30.5 Å². The molecule has 0 atom stereocenters. The number of rotatable bonds is 7. The third kappa shape index (κ3) is 5.98. The summed E-state index contributed by atoms with van der Waals surface area (Å²) >= 11 is 0. The second kappa shape index (κ2) is 10.6. The van der Waals surface area contributed by atoms with Crippen molar-refractivity contribution in [1.82, 2.24) is 9.91 Å². The SMILES string of the molecule is Cc1cccc2c1CN(CC1CCN(C(=O)c3ccc(C(F)(F)F)cc3)CC1)N2CCOC(C)C. The van der Waals surface area contributed by atoms with Crippen molar-refractivity contribution in [3.8, 4) is 0 Å². The molecule has 0 spiro atoms. The summed E-state index contributed by atoms with van der Waals surface area (Å²) in [6.07, 6.45) is -2.47. The zero-order chi connectivity index (χ0) is 25.2. The number of alkyl halides is 3. The average Bonchev–Trinajstić information content (AvgIpc) is 3.17. The number of amides is 1. The van der Waals surface area contributed by atoms with E-state index in [0.29, 0.717) is 31.2 Å². The predicted molar refractivity (Wildman–Crippen MR) is 130 cm³/mol. The summed E-state index contributed by atoms with van der Waals surface area (Å²) in [4.78, 5) is 14.6. The van der Waals surface area contributed by atoms with E-state index in [9.17, 15) is 18.0 Å². The van der Waals surface area contributed by atoms with Gasteiger partial charge in [0.25, 0.3) is 5.91 Å². The fourth-order valence-electron chi connectivity index (χ4n) is 4.96. The number of carbonyl (C=O) groups excluding carboxylic acids is 1. The summed E-state index contributed by atoms with van der Waals surface area (Å²) in [6, 6.07) is 10.9. The van der Waals surface area contributed by atoms with Gasteiger partial charge in [-0.3, -0.25) is 4.79 Å². The molecule has 8 heteroatoms. The summed E-state index contributed by atoms with van der Waals surface area (Å²) in [7, 11) is 0. The molecule has 0 aromatic heterocycles. The predicted octanol–water partition coefficient (Wildman–Crippen LogP) is 5.53. The summed E-state index contributed by atoms with van der Waals surface area (Å²) in [6.45, 7) is 10.7. The quantitative estimate of drug-likeness (QED) is 0.513. The Morgan fingerprint density at radius 2 is 1.77 bits per heavy atom. The second-order valence-electron chi connectivity index (χ2n) is 9.77. The number of halogens is 3. The first kappa shape index (κ1) is 25.5. The van der Waals surface area contributed by atoms with Gasteiger partial charge in [0, 0.05) is 31.7 Å². The molecule has 0 N–H and O–H groups in total. The summed E-state index contributed by atoms with van der Waals surface area (Å²) in [5.41, 5.74) is 3.45. The van der Waals surface area contributed by atoms with Crippen LogP contribution >= 0.6 is 0 Å². The van der Waals surface area contributed by atoms with E-state index in [4.69, 9.17) is 4.74 Å². The van der Waals surface area contributed by atoms with Crippen LogP contribution in [0.5, 0.6) is 0 Å². The van der Waals surface area contributed by atoms with Crippen LogP contribution in [-0.2, 0) is 17.5 Å². The van der Waals surface area contributed by atoms with E-state index in [-0.39, 0.29) is 12.0 Å². The van der Waals surface area contributed by atoms with Gasteiger partial charge in [0.15, 0.2) is 0 Å². The van der Waals surface area contributed by atoms with E-state index in [2.05, 4.69) is 35.1 Å². The Morgan fingerprint density at radius 3 is 2.40 bits per heavy atom. The molecule has 2 heterocycles. The fourth-order valence-corrected chi connectivity index (χ4v) is 4.96. The van der Waals surface area contributed by atoms with Crippen LogP contribution in [0, 0.1) is 12.8 Å². The molecule has 1 saturated heterocycles. The normalized spacial score (nSPS) is 17.3. The Morgan fingerprint density at radius 1 is 1.09 bits per heavy atom. The van der Waals surface area contributed by atoms with E-state index in [1.807, 2.05) is 13.8 Å². The summed E-state index contributed by atoms with van der Waals surface area (Å²) in [5.74, 6) is 0.239. The van der Waals surface area contributed by atoms with E-state index in [1.54, 1.807) is 4.90 Å². The van der Waals surface area contributed by atoms with Crippen molar-refractivity contribution in [2.45, 2.75) is 52.4 Å². The molecule has 2 aliphatic rings. The minimum atomic E-state index is -4.40. The molecule has 2 aromatic carbocycles. The van der Waals surface area contributed by atoms with Gasteiger partial charge in [-0.2, -0.15) is 13.2 Å². The smallest absolute Gasteiger partial charge is 0.377 e. The zero-order valence-electron chi connectivity index (χ0n) is 20.6. The number of anilines is 1. The maximum Gasteiger partial charge on any atom is 0.416 e. The molecule has 2 aliphatic heterocycles. The molecule has 4 rings (SSSR count). The lowest BCUT2D eigenvalue weighted by Crippen LogP contribution is -2.46. The summed E-state index contributed by atoms with van der Waals surface area (Å²) < 4.78 is 44.3. The third-order valence-corrected chi connectivity index (χ3v) is 6.93. The number of piperidine rings is 1. The maximum absolute atomic E-state index is 12.8. The molecule has 0 radical (unpaired) electrons. The van der Waals surface area contributed by atoms with Crippen molar-refractivity contribution in [2.24, 2.45) is 5.92 Å². The van der Waals surface area contributed by atoms with Crippen molar-refractivity contribution in [2.75, 3.05) is 37.8 Å². The van der Waals surface area contributed by atoms with Gasteiger partial charge in [-0.1, -0.05) is 12.1 Å². The standard InChI is InChI=1S/C27H34F3N3O2/c1-19(2)35-16-15-33-25-6-4-5-20(3)24(25)18-32(33)17-21-11-13-31(14-12-21)26(34)22-7-9-23(10-8-22)27(28,29)30/h4-10,19,21H,11-18H2,1-3H3. The molecule has 0 aliphatic carbocycles.